The fourth-order valence-corrected chi connectivity index (χ4v) is 9.34. The van der Waals surface area contributed by atoms with Crippen LogP contribution in [0.4, 0.5) is 0 Å². The molecule has 4 rings (SSSR count). The van der Waals surface area contributed by atoms with Crippen LogP contribution in [0.25, 0.3) is 0 Å². The van der Waals surface area contributed by atoms with Gasteiger partial charge in [0.15, 0.2) is 0 Å². The Labute approximate surface area is 181 Å². The Balaban J connectivity index is 1.55. The quantitative estimate of drug-likeness (QED) is 0.557. The number of hydrogen-bond donors (Lipinski definition) is 3. The molecule has 0 aromatic heterocycles. The highest BCUT2D eigenvalue weighted by atomic mass is 32.3. The molecule has 10 atom stereocenters. The molecule has 0 heterocycles. The Kier molecular flexibility index (Phi) is 6.11. The lowest BCUT2D eigenvalue weighted by atomic mass is 9.43. The Morgan fingerprint density at radius 2 is 1.70 bits per heavy atom. The zero-order valence-corrected chi connectivity index (χ0v) is 19.5. The minimum absolute atomic E-state index is 0.0963. The molecule has 0 unspecified atom stereocenters. The summed E-state index contributed by atoms with van der Waals surface area (Å²) in [5.74, 6) is 2.66. The molecule has 30 heavy (non-hydrogen) atoms. The van der Waals surface area contributed by atoms with Gasteiger partial charge in [-0.05, 0) is 104 Å². The number of rotatable bonds is 5. The van der Waals surface area contributed by atoms with Gasteiger partial charge in [-0.1, -0.05) is 20.8 Å². The van der Waals surface area contributed by atoms with Gasteiger partial charge in [-0.3, -0.25) is 4.55 Å². The van der Waals surface area contributed by atoms with Crippen LogP contribution in [-0.2, 0) is 14.6 Å². The van der Waals surface area contributed by atoms with Gasteiger partial charge in [0.25, 0.3) is 0 Å². The van der Waals surface area contributed by atoms with Crippen LogP contribution in [0.1, 0.15) is 78.6 Å². The van der Waals surface area contributed by atoms with Crippen LogP contribution in [0.3, 0.4) is 0 Å². The molecule has 0 aromatic rings. The first kappa shape index (κ1) is 23.0. The van der Waals surface area contributed by atoms with Crippen LogP contribution in [0.2, 0.25) is 0 Å². The van der Waals surface area contributed by atoms with Crippen LogP contribution in [0.5, 0.6) is 0 Å². The fourth-order valence-electron chi connectivity index (χ4n) is 8.82. The maximum Gasteiger partial charge on any atom is 0.397 e. The summed E-state index contributed by atoms with van der Waals surface area (Å²) < 4.78 is 36.4. The van der Waals surface area contributed by atoms with Crippen LogP contribution in [0, 0.1) is 46.3 Å². The smallest absolute Gasteiger partial charge is 0.396 e. The Morgan fingerprint density at radius 3 is 2.37 bits per heavy atom. The van der Waals surface area contributed by atoms with Crippen molar-refractivity contribution in [3.8, 4) is 0 Å². The molecule has 0 radical (unpaired) electrons. The molecule has 3 N–H and O–H groups in total. The molecule has 4 saturated carbocycles. The van der Waals surface area contributed by atoms with Crippen molar-refractivity contribution in [2.24, 2.45) is 46.3 Å². The highest BCUT2D eigenvalue weighted by molar-refractivity contribution is 7.80. The standard InChI is InChI=1S/C23H40O6S/c1-14(8-11-24)17-4-5-18-21-19(7-10-23(17,18)3)22(2)9-6-16(29-30(26,27)28)12-15(22)13-20(21)25/h14-21,24-25H,4-13H2,1-3H3,(H,26,27,28)/t14-,15+,16-,17-,18+,19+,20+,21+,22+,23-/m1/s1. The van der Waals surface area contributed by atoms with Gasteiger partial charge in [0.1, 0.15) is 0 Å². The third kappa shape index (κ3) is 3.76. The van der Waals surface area contributed by atoms with Crippen LogP contribution in [-0.4, -0.2) is 42.0 Å². The highest BCUT2D eigenvalue weighted by Crippen LogP contribution is 2.68. The van der Waals surface area contributed by atoms with Gasteiger partial charge in [-0.2, -0.15) is 8.42 Å². The lowest BCUT2D eigenvalue weighted by Crippen LogP contribution is -2.58. The van der Waals surface area contributed by atoms with Crippen molar-refractivity contribution in [2.75, 3.05) is 6.61 Å². The summed E-state index contributed by atoms with van der Waals surface area (Å²) in [5, 5.41) is 20.8. The van der Waals surface area contributed by atoms with E-state index in [1.54, 1.807) is 0 Å². The summed E-state index contributed by atoms with van der Waals surface area (Å²) in [7, 11) is -4.44. The summed E-state index contributed by atoms with van der Waals surface area (Å²) in [6, 6.07) is 0. The van der Waals surface area contributed by atoms with Crippen molar-refractivity contribution in [1.29, 1.82) is 0 Å². The van der Waals surface area contributed by atoms with Crippen molar-refractivity contribution in [1.82, 2.24) is 0 Å². The second-order valence-electron chi connectivity index (χ2n) is 11.4. The maximum atomic E-state index is 11.3. The lowest BCUT2D eigenvalue weighted by molar-refractivity contribution is -0.172. The molecule has 4 fully saturated rings. The van der Waals surface area contributed by atoms with E-state index in [4.69, 9.17) is 8.74 Å². The minimum atomic E-state index is -4.44. The van der Waals surface area contributed by atoms with Crippen molar-refractivity contribution in [3.05, 3.63) is 0 Å². The van der Waals surface area contributed by atoms with Crippen LogP contribution < -0.4 is 0 Å². The summed E-state index contributed by atoms with van der Waals surface area (Å²) in [5.41, 5.74) is 0.338. The average molecular weight is 445 g/mol. The van der Waals surface area contributed by atoms with E-state index < -0.39 is 16.5 Å². The predicted molar refractivity (Wildman–Crippen MR) is 114 cm³/mol. The van der Waals surface area contributed by atoms with E-state index in [0.717, 1.165) is 19.3 Å². The van der Waals surface area contributed by atoms with Gasteiger partial charge in [0.2, 0.25) is 0 Å². The third-order valence-electron chi connectivity index (χ3n) is 10.2. The predicted octanol–water partition coefficient (Wildman–Crippen LogP) is 3.82. The first-order valence-electron chi connectivity index (χ1n) is 11.9. The Bertz CT molecular complexity index is 740. The van der Waals surface area contributed by atoms with E-state index in [-0.39, 0.29) is 29.5 Å². The highest BCUT2D eigenvalue weighted by Gasteiger charge is 2.63. The monoisotopic (exact) mass is 444 g/mol. The Morgan fingerprint density at radius 1 is 1.03 bits per heavy atom. The van der Waals surface area contributed by atoms with Gasteiger partial charge in [0, 0.05) is 6.61 Å². The zero-order valence-electron chi connectivity index (χ0n) is 18.7. The number of aliphatic hydroxyl groups excluding tert-OH is 2. The molecule has 0 aliphatic heterocycles. The molecule has 0 amide bonds. The average Bonchev–Trinajstić information content (AvgIpc) is 2.99. The van der Waals surface area contributed by atoms with Crippen LogP contribution >= 0.6 is 0 Å². The number of fused-ring (bicyclic) bond motifs is 5. The second-order valence-corrected chi connectivity index (χ2v) is 12.5. The largest absolute Gasteiger partial charge is 0.397 e. The van der Waals surface area contributed by atoms with E-state index in [0.29, 0.717) is 48.9 Å². The van der Waals surface area contributed by atoms with E-state index >= 15 is 0 Å². The molecular formula is C23H40O6S. The molecule has 174 valence electrons. The van der Waals surface area contributed by atoms with Gasteiger partial charge < -0.3 is 10.2 Å². The first-order valence-corrected chi connectivity index (χ1v) is 13.3. The summed E-state index contributed by atoms with van der Waals surface area (Å²) in [4.78, 5) is 0. The fraction of sp³-hybridized carbons (Fsp3) is 1.00. The first-order chi connectivity index (χ1) is 14.0. The van der Waals surface area contributed by atoms with E-state index in [9.17, 15) is 18.6 Å². The van der Waals surface area contributed by atoms with E-state index in [1.807, 2.05) is 0 Å². The maximum absolute atomic E-state index is 11.3. The number of hydrogen-bond acceptors (Lipinski definition) is 5. The van der Waals surface area contributed by atoms with Gasteiger partial charge in [0.05, 0.1) is 12.2 Å². The minimum Gasteiger partial charge on any atom is -0.396 e. The molecule has 7 heteroatoms. The molecule has 4 aliphatic carbocycles. The molecular weight excluding hydrogens is 404 g/mol. The van der Waals surface area contributed by atoms with Crippen LogP contribution in [0.15, 0.2) is 0 Å². The molecule has 0 saturated heterocycles. The summed E-state index contributed by atoms with van der Waals surface area (Å²) in [6.45, 7) is 7.33. The van der Waals surface area contributed by atoms with Crippen molar-refractivity contribution >= 4 is 10.4 Å². The van der Waals surface area contributed by atoms with E-state index in [1.165, 1.54) is 19.3 Å². The Hall–Kier alpha value is -0.210. The summed E-state index contributed by atoms with van der Waals surface area (Å²) in [6.07, 6.45) is 7.52. The zero-order chi connectivity index (χ0) is 21.9. The number of aliphatic hydroxyl groups is 2. The van der Waals surface area contributed by atoms with Crippen molar-refractivity contribution < 1.29 is 27.4 Å². The van der Waals surface area contributed by atoms with Crippen molar-refractivity contribution in [2.45, 2.75) is 90.8 Å². The molecule has 0 aromatic carbocycles. The third-order valence-corrected chi connectivity index (χ3v) is 10.8. The van der Waals surface area contributed by atoms with Crippen molar-refractivity contribution in [3.63, 3.8) is 0 Å². The van der Waals surface area contributed by atoms with Gasteiger partial charge in [-0.25, -0.2) is 4.18 Å². The van der Waals surface area contributed by atoms with Gasteiger partial charge in [-0.15, -0.1) is 0 Å². The van der Waals surface area contributed by atoms with E-state index in [2.05, 4.69) is 20.8 Å². The summed E-state index contributed by atoms with van der Waals surface area (Å²) >= 11 is 0. The normalized spacial score (nSPS) is 49.7. The molecule has 6 nitrogen and oxygen atoms in total. The molecule has 0 bridgehead atoms. The lowest BCUT2D eigenvalue weighted by Gasteiger charge is -2.62. The topological polar surface area (TPSA) is 104 Å². The van der Waals surface area contributed by atoms with Gasteiger partial charge >= 0.3 is 10.4 Å². The molecule has 4 aliphatic rings. The molecule has 0 spiro atoms. The second kappa shape index (κ2) is 7.98. The SMILES string of the molecule is C[C@H](CCO)[C@H]1CC[C@H]2[C@@H]3[C@@H](O)C[C@@H]4C[C@H](OS(=O)(=O)O)CC[C@]4(C)[C@H]3CC[C@]12C.